The Morgan fingerprint density at radius 1 is 1.21 bits per heavy atom. The molecule has 0 atom stereocenters. The van der Waals surface area contributed by atoms with E-state index >= 15 is 0 Å². The average molecular weight is 210 g/mol. The first-order chi connectivity index (χ1) is 6.81. The minimum atomic E-state index is 0.165. The number of halogens is 1. The molecule has 0 saturated carbocycles. The molecule has 2 rings (SSSR count). The van der Waals surface area contributed by atoms with Crippen LogP contribution in [-0.2, 0) is 12.8 Å². The van der Waals surface area contributed by atoms with Crippen molar-refractivity contribution in [3.8, 4) is 0 Å². The van der Waals surface area contributed by atoms with Crippen LogP contribution in [0.25, 0.3) is 0 Å². The first kappa shape index (κ1) is 9.53. The number of fused-ring (bicyclic) bond motifs is 1. The van der Waals surface area contributed by atoms with Gasteiger partial charge in [0.05, 0.1) is 0 Å². The third-order valence-electron chi connectivity index (χ3n) is 2.67. The second-order valence-corrected chi connectivity index (χ2v) is 3.94. The summed E-state index contributed by atoms with van der Waals surface area (Å²) in [6.45, 7) is 0. The molecule has 0 spiro atoms. The molecule has 1 N–H and O–H groups in total. The van der Waals surface area contributed by atoms with Gasteiger partial charge in [0.1, 0.15) is 0 Å². The Kier molecular flexibility index (Phi) is 2.73. The van der Waals surface area contributed by atoms with Crippen molar-refractivity contribution in [1.29, 1.82) is 0 Å². The van der Waals surface area contributed by atoms with E-state index in [1.165, 1.54) is 24.0 Å². The van der Waals surface area contributed by atoms with Crippen molar-refractivity contribution in [3.05, 3.63) is 34.9 Å². The largest absolute Gasteiger partial charge is 0.410 e. The van der Waals surface area contributed by atoms with Crippen LogP contribution in [0.5, 0.6) is 0 Å². The van der Waals surface area contributed by atoms with Gasteiger partial charge in [0.25, 0.3) is 0 Å². The predicted octanol–water partition coefficient (Wildman–Crippen LogP) is 2.94. The van der Waals surface area contributed by atoms with E-state index in [9.17, 15) is 0 Å². The Hall–Kier alpha value is -1.02. The highest BCUT2D eigenvalue weighted by Crippen LogP contribution is 2.22. The SMILES string of the molecule is O/N=C(/Cl)c1ccc2c(c1)CCCC2. The number of nitrogens with zero attached hydrogens (tertiary/aromatic N) is 1. The van der Waals surface area contributed by atoms with E-state index in [0.717, 1.165) is 18.4 Å². The molecule has 0 unspecified atom stereocenters. The van der Waals surface area contributed by atoms with Crippen LogP contribution in [-0.4, -0.2) is 10.4 Å². The van der Waals surface area contributed by atoms with Gasteiger partial charge in [-0.1, -0.05) is 28.9 Å². The summed E-state index contributed by atoms with van der Waals surface area (Å²) in [6, 6.07) is 6.01. The van der Waals surface area contributed by atoms with Gasteiger partial charge in [-0.2, -0.15) is 0 Å². The maximum Gasteiger partial charge on any atom is 0.175 e. The quantitative estimate of drug-likeness (QED) is 0.431. The molecular formula is C11H12ClNO. The minimum Gasteiger partial charge on any atom is -0.410 e. The minimum absolute atomic E-state index is 0.165. The van der Waals surface area contributed by atoms with Crippen LogP contribution in [0.15, 0.2) is 23.4 Å². The maximum atomic E-state index is 8.55. The van der Waals surface area contributed by atoms with Gasteiger partial charge in [-0.05, 0) is 42.9 Å². The third kappa shape index (κ3) is 1.75. The molecule has 0 aliphatic heterocycles. The van der Waals surface area contributed by atoms with Crippen LogP contribution in [0, 0.1) is 0 Å². The topological polar surface area (TPSA) is 32.6 Å². The summed E-state index contributed by atoms with van der Waals surface area (Å²) in [5.41, 5.74) is 3.55. The lowest BCUT2D eigenvalue weighted by molar-refractivity contribution is 0.321. The summed E-state index contributed by atoms with van der Waals surface area (Å²) < 4.78 is 0. The van der Waals surface area contributed by atoms with Crippen molar-refractivity contribution >= 4 is 16.8 Å². The summed E-state index contributed by atoms with van der Waals surface area (Å²) in [7, 11) is 0. The predicted molar refractivity (Wildman–Crippen MR) is 57.3 cm³/mol. The molecule has 0 aromatic heterocycles. The fourth-order valence-electron chi connectivity index (χ4n) is 1.92. The van der Waals surface area contributed by atoms with Crippen LogP contribution < -0.4 is 0 Å². The fourth-order valence-corrected chi connectivity index (χ4v) is 2.04. The van der Waals surface area contributed by atoms with Crippen molar-refractivity contribution in [2.75, 3.05) is 0 Å². The van der Waals surface area contributed by atoms with Crippen molar-refractivity contribution in [2.45, 2.75) is 25.7 Å². The number of hydrogen-bond donors (Lipinski definition) is 1. The lowest BCUT2D eigenvalue weighted by atomic mass is 9.90. The summed E-state index contributed by atoms with van der Waals surface area (Å²) in [5.74, 6) is 0. The Labute approximate surface area is 88.2 Å². The number of benzene rings is 1. The van der Waals surface area contributed by atoms with E-state index in [1.54, 1.807) is 0 Å². The van der Waals surface area contributed by atoms with E-state index in [4.69, 9.17) is 16.8 Å². The van der Waals surface area contributed by atoms with Crippen molar-refractivity contribution in [2.24, 2.45) is 5.16 Å². The number of aryl methyl sites for hydroxylation is 2. The molecule has 0 fully saturated rings. The van der Waals surface area contributed by atoms with Gasteiger partial charge in [-0.25, -0.2) is 0 Å². The van der Waals surface area contributed by atoms with E-state index in [2.05, 4.69) is 11.2 Å². The van der Waals surface area contributed by atoms with E-state index in [0.29, 0.717) is 0 Å². The first-order valence-electron chi connectivity index (χ1n) is 4.81. The standard InChI is InChI=1S/C11H12ClNO/c12-11(13-14)10-6-5-8-3-1-2-4-9(8)7-10/h5-7,14H,1-4H2/b13-11+. The van der Waals surface area contributed by atoms with Crippen LogP contribution >= 0.6 is 11.6 Å². The highest BCUT2D eigenvalue weighted by molar-refractivity contribution is 6.69. The molecule has 0 heterocycles. The van der Waals surface area contributed by atoms with Crippen LogP contribution in [0.2, 0.25) is 0 Å². The molecule has 0 amide bonds. The summed E-state index contributed by atoms with van der Waals surface area (Å²) in [4.78, 5) is 0. The monoisotopic (exact) mass is 209 g/mol. The van der Waals surface area contributed by atoms with Gasteiger partial charge in [-0.15, -0.1) is 0 Å². The lowest BCUT2D eigenvalue weighted by Crippen LogP contribution is -2.04. The van der Waals surface area contributed by atoms with E-state index in [1.807, 2.05) is 12.1 Å². The number of hydrogen-bond acceptors (Lipinski definition) is 2. The highest BCUT2D eigenvalue weighted by atomic mass is 35.5. The molecule has 2 nitrogen and oxygen atoms in total. The van der Waals surface area contributed by atoms with Gasteiger partial charge >= 0.3 is 0 Å². The van der Waals surface area contributed by atoms with Gasteiger partial charge in [0.15, 0.2) is 5.17 Å². The summed E-state index contributed by atoms with van der Waals surface area (Å²) in [5, 5.41) is 11.7. The average Bonchev–Trinajstić information content (AvgIpc) is 2.27. The molecule has 1 aromatic rings. The second-order valence-electron chi connectivity index (χ2n) is 3.58. The van der Waals surface area contributed by atoms with Gasteiger partial charge in [-0.3, -0.25) is 0 Å². The summed E-state index contributed by atoms with van der Waals surface area (Å²) in [6.07, 6.45) is 4.78. The van der Waals surface area contributed by atoms with Crippen LogP contribution in [0.3, 0.4) is 0 Å². The molecule has 0 bridgehead atoms. The molecular weight excluding hydrogens is 198 g/mol. The fraction of sp³-hybridized carbons (Fsp3) is 0.364. The molecule has 1 aliphatic carbocycles. The first-order valence-corrected chi connectivity index (χ1v) is 5.19. The van der Waals surface area contributed by atoms with Gasteiger partial charge in [0.2, 0.25) is 0 Å². The molecule has 0 saturated heterocycles. The Bertz CT molecular complexity index is 374. The Balaban J connectivity index is 2.38. The van der Waals surface area contributed by atoms with Crippen molar-refractivity contribution < 1.29 is 5.21 Å². The molecule has 1 aromatic carbocycles. The third-order valence-corrected chi connectivity index (χ3v) is 2.97. The molecule has 3 heteroatoms. The highest BCUT2D eigenvalue weighted by Gasteiger charge is 2.10. The van der Waals surface area contributed by atoms with E-state index < -0.39 is 0 Å². The molecule has 74 valence electrons. The van der Waals surface area contributed by atoms with Crippen LogP contribution in [0.1, 0.15) is 29.5 Å². The normalized spacial score (nSPS) is 16.5. The Morgan fingerprint density at radius 3 is 2.64 bits per heavy atom. The zero-order chi connectivity index (χ0) is 9.97. The molecule has 0 radical (unpaired) electrons. The summed E-state index contributed by atoms with van der Waals surface area (Å²) >= 11 is 5.73. The molecule has 1 aliphatic rings. The van der Waals surface area contributed by atoms with Gasteiger partial charge < -0.3 is 5.21 Å². The lowest BCUT2D eigenvalue weighted by Gasteiger charge is -2.15. The zero-order valence-corrected chi connectivity index (χ0v) is 8.59. The van der Waals surface area contributed by atoms with Crippen LogP contribution in [0.4, 0.5) is 0 Å². The second kappa shape index (κ2) is 4.01. The maximum absolute atomic E-state index is 8.55. The number of rotatable bonds is 1. The van der Waals surface area contributed by atoms with E-state index in [-0.39, 0.29) is 5.17 Å². The van der Waals surface area contributed by atoms with Crippen molar-refractivity contribution in [1.82, 2.24) is 0 Å². The van der Waals surface area contributed by atoms with Gasteiger partial charge in [0, 0.05) is 5.56 Å². The zero-order valence-electron chi connectivity index (χ0n) is 7.83. The van der Waals surface area contributed by atoms with Crippen molar-refractivity contribution in [3.63, 3.8) is 0 Å². The Morgan fingerprint density at radius 2 is 1.93 bits per heavy atom. The molecule has 14 heavy (non-hydrogen) atoms. The smallest absolute Gasteiger partial charge is 0.175 e. The number of oxime groups is 1.